The summed E-state index contributed by atoms with van der Waals surface area (Å²) < 4.78 is 0. The van der Waals surface area contributed by atoms with E-state index in [2.05, 4.69) is 37.0 Å². The van der Waals surface area contributed by atoms with Crippen molar-refractivity contribution in [2.24, 2.45) is 0 Å². The van der Waals surface area contributed by atoms with Crippen molar-refractivity contribution in [3.05, 3.63) is 58.2 Å². The van der Waals surface area contributed by atoms with Crippen LogP contribution in [-0.4, -0.2) is 9.97 Å². The predicted octanol–water partition coefficient (Wildman–Crippen LogP) is 4.88. The lowest BCUT2D eigenvalue weighted by atomic mass is 10.0. The van der Waals surface area contributed by atoms with Gasteiger partial charge in [0.1, 0.15) is 5.15 Å². The highest BCUT2D eigenvalue weighted by Crippen LogP contribution is 2.28. The average molecular weight is 283 g/mol. The topological polar surface area (TPSA) is 25.8 Å². The van der Waals surface area contributed by atoms with E-state index in [4.69, 9.17) is 16.6 Å². The molecule has 1 heterocycles. The summed E-state index contributed by atoms with van der Waals surface area (Å²) in [4.78, 5) is 9.16. The van der Waals surface area contributed by atoms with Gasteiger partial charge >= 0.3 is 0 Å². The largest absolute Gasteiger partial charge is 0.228 e. The SMILES string of the molecule is Cc1ccc(-c2nc(Cl)c3cccc(C)c3n2)c(C)c1. The molecule has 0 atom stereocenters. The molecule has 0 bridgehead atoms. The van der Waals surface area contributed by atoms with Gasteiger partial charge in [0, 0.05) is 10.9 Å². The Hall–Kier alpha value is -1.93. The van der Waals surface area contributed by atoms with Gasteiger partial charge in [0.15, 0.2) is 5.82 Å². The first-order chi connectivity index (χ1) is 9.56. The second-order valence-corrected chi connectivity index (χ2v) is 5.49. The molecule has 0 saturated carbocycles. The van der Waals surface area contributed by atoms with E-state index < -0.39 is 0 Å². The van der Waals surface area contributed by atoms with Gasteiger partial charge in [-0.15, -0.1) is 0 Å². The lowest BCUT2D eigenvalue weighted by Crippen LogP contribution is -1.95. The molecule has 3 rings (SSSR count). The van der Waals surface area contributed by atoms with Gasteiger partial charge in [0.25, 0.3) is 0 Å². The highest BCUT2D eigenvalue weighted by molar-refractivity contribution is 6.34. The number of aromatic nitrogens is 2. The summed E-state index contributed by atoms with van der Waals surface area (Å²) in [6.45, 7) is 6.19. The number of fused-ring (bicyclic) bond motifs is 1. The van der Waals surface area contributed by atoms with Gasteiger partial charge < -0.3 is 0 Å². The van der Waals surface area contributed by atoms with E-state index in [9.17, 15) is 0 Å². The number of aryl methyl sites for hydroxylation is 3. The summed E-state index contributed by atoms with van der Waals surface area (Å²) in [6, 6.07) is 12.2. The van der Waals surface area contributed by atoms with Crippen molar-refractivity contribution in [3.8, 4) is 11.4 Å². The Morgan fingerprint density at radius 2 is 1.70 bits per heavy atom. The Morgan fingerprint density at radius 1 is 0.900 bits per heavy atom. The van der Waals surface area contributed by atoms with Gasteiger partial charge in [0.2, 0.25) is 0 Å². The van der Waals surface area contributed by atoms with Crippen LogP contribution in [0.4, 0.5) is 0 Å². The van der Waals surface area contributed by atoms with Crippen LogP contribution in [0.3, 0.4) is 0 Å². The Kier molecular flexibility index (Phi) is 3.19. The maximum atomic E-state index is 6.32. The highest BCUT2D eigenvalue weighted by atomic mass is 35.5. The van der Waals surface area contributed by atoms with Crippen molar-refractivity contribution in [3.63, 3.8) is 0 Å². The minimum atomic E-state index is 0.508. The summed E-state index contributed by atoms with van der Waals surface area (Å²) in [7, 11) is 0. The number of para-hydroxylation sites is 1. The molecule has 0 aliphatic carbocycles. The van der Waals surface area contributed by atoms with Gasteiger partial charge in [-0.25, -0.2) is 9.97 Å². The lowest BCUT2D eigenvalue weighted by molar-refractivity contribution is 1.20. The maximum Gasteiger partial charge on any atom is 0.161 e. The van der Waals surface area contributed by atoms with Crippen LogP contribution in [0, 0.1) is 20.8 Å². The van der Waals surface area contributed by atoms with E-state index in [0.717, 1.165) is 27.6 Å². The third-order valence-electron chi connectivity index (χ3n) is 3.50. The molecular formula is C17H15ClN2. The van der Waals surface area contributed by atoms with E-state index in [-0.39, 0.29) is 0 Å². The molecule has 0 spiro atoms. The molecule has 0 unspecified atom stereocenters. The molecule has 0 aliphatic heterocycles. The molecule has 100 valence electrons. The van der Waals surface area contributed by atoms with E-state index in [1.807, 2.05) is 25.1 Å². The maximum absolute atomic E-state index is 6.32. The first-order valence-electron chi connectivity index (χ1n) is 6.57. The number of halogens is 1. The van der Waals surface area contributed by atoms with Crippen LogP contribution in [0.25, 0.3) is 22.3 Å². The van der Waals surface area contributed by atoms with Crippen LogP contribution in [0.15, 0.2) is 36.4 Å². The van der Waals surface area contributed by atoms with Crippen LogP contribution >= 0.6 is 11.6 Å². The molecule has 2 nitrogen and oxygen atoms in total. The van der Waals surface area contributed by atoms with Gasteiger partial charge in [-0.1, -0.05) is 47.5 Å². The number of hydrogen-bond donors (Lipinski definition) is 0. The third-order valence-corrected chi connectivity index (χ3v) is 3.79. The molecule has 1 aromatic heterocycles. The van der Waals surface area contributed by atoms with E-state index in [1.165, 1.54) is 5.56 Å². The smallest absolute Gasteiger partial charge is 0.161 e. The zero-order valence-corrected chi connectivity index (χ0v) is 12.5. The Morgan fingerprint density at radius 3 is 2.45 bits per heavy atom. The minimum Gasteiger partial charge on any atom is -0.228 e. The molecule has 0 radical (unpaired) electrons. The minimum absolute atomic E-state index is 0.508. The Balaban J connectivity index is 2.29. The standard InChI is InChI=1S/C17H15ClN2/c1-10-7-8-13(12(3)9-10)17-19-15-11(2)5-4-6-14(15)16(18)20-17/h4-9H,1-3H3. The lowest BCUT2D eigenvalue weighted by Gasteiger charge is -2.09. The van der Waals surface area contributed by atoms with E-state index in [1.54, 1.807) is 0 Å². The monoisotopic (exact) mass is 282 g/mol. The normalized spacial score (nSPS) is 11.0. The molecule has 2 aromatic carbocycles. The predicted molar refractivity (Wildman–Crippen MR) is 84.2 cm³/mol. The highest BCUT2D eigenvalue weighted by Gasteiger charge is 2.11. The molecule has 0 aliphatic rings. The third kappa shape index (κ3) is 2.16. The zero-order valence-electron chi connectivity index (χ0n) is 11.7. The fourth-order valence-electron chi connectivity index (χ4n) is 2.44. The number of nitrogens with zero attached hydrogens (tertiary/aromatic N) is 2. The molecule has 0 saturated heterocycles. The first kappa shape index (κ1) is 13.1. The van der Waals surface area contributed by atoms with Gasteiger partial charge in [0.05, 0.1) is 5.52 Å². The van der Waals surface area contributed by atoms with E-state index in [0.29, 0.717) is 11.0 Å². The number of rotatable bonds is 1. The molecule has 0 fully saturated rings. The van der Waals surface area contributed by atoms with E-state index >= 15 is 0 Å². The second-order valence-electron chi connectivity index (χ2n) is 5.13. The van der Waals surface area contributed by atoms with Crippen molar-refractivity contribution in [1.82, 2.24) is 9.97 Å². The van der Waals surface area contributed by atoms with Gasteiger partial charge in [-0.3, -0.25) is 0 Å². The van der Waals surface area contributed by atoms with Gasteiger partial charge in [-0.05, 0) is 38.0 Å². The van der Waals surface area contributed by atoms with Gasteiger partial charge in [-0.2, -0.15) is 0 Å². The fraction of sp³-hybridized carbons (Fsp3) is 0.176. The van der Waals surface area contributed by atoms with Crippen LogP contribution in [0.5, 0.6) is 0 Å². The quantitative estimate of drug-likeness (QED) is 0.595. The molecule has 3 aromatic rings. The fourth-order valence-corrected chi connectivity index (χ4v) is 2.68. The van der Waals surface area contributed by atoms with Crippen molar-refractivity contribution in [2.75, 3.05) is 0 Å². The summed E-state index contributed by atoms with van der Waals surface area (Å²) in [5.41, 5.74) is 5.45. The Bertz CT molecular complexity index is 809. The van der Waals surface area contributed by atoms with Crippen molar-refractivity contribution >= 4 is 22.5 Å². The second kappa shape index (κ2) is 4.88. The average Bonchev–Trinajstić information content (AvgIpc) is 2.40. The van der Waals surface area contributed by atoms with Crippen LogP contribution in [0.2, 0.25) is 5.15 Å². The first-order valence-corrected chi connectivity index (χ1v) is 6.94. The molecule has 0 amide bonds. The van der Waals surface area contributed by atoms with Crippen molar-refractivity contribution in [1.29, 1.82) is 0 Å². The van der Waals surface area contributed by atoms with Crippen molar-refractivity contribution in [2.45, 2.75) is 20.8 Å². The van der Waals surface area contributed by atoms with Crippen LogP contribution < -0.4 is 0 Å². The molecule has 20 heavy (non-hydrogen) atoms. The summed E-state index contributed by atoms with van der Waals surface area (Å²) in [5.74, 6) is 0.689. The zero-order chi connectivity index (χ0) is 14.3. The number of benzene rings is 2. The molecule has 3 heteroatoms. The van der Waals surface area contributed by atoms with Crippen LogP contribution in [0.1, 0.15) is 16.7 Å². The molecular weight excluding hydrogens is 268 g/mol. The summed E-state index contributed by atoms with van der Waals surface area (Å²) >= 11 is 6.32. The number of hydrogen-bond acceptors (Lipinski definition) is 2. The Labute approximate surface area is 123 Å². The van der Waals surface area contributed by atoms with Crippen molar-refractivity contribution < 1.29 is 0 Å². The molecule has 0 N–H and O–H groups in total. The summed E-state index contributed by atoms with van der Waals surface area (Å²) in [6.07, 6.45) is 0. The van der Waals surface area contributed by atoms with Crippen LogP contribution in [-0.2, 0) is 0 Å². The summed E-state index contributed by atoms with van der Waals surface area (Å²) in [5, 5.41) is 1.41.